The van der Waals surface area contributed by atoms with Gasteiger partial charge in [0.25, 0.3) is 10.0 Å². The number of aromatic carboxylic acids is 1. The largest absolute Gasteiger partial charge is 0.507 e. The van der Waals surface area contributed by atoms with Crippen molar-refractivity contribution in [1.82, 2.24) is 0 Å². The van der Waals surface area contributed by atoms with Gasteiger partial charge in [-0.1, -0.05) is 54.6 Å². The van der Waals surface area contributed by atoms with Crippen LogP contribution >= 0.6 is 0 Å². The van der Waals surface area contributed by atoms with Crippen molar-refractivity contribution in [2.75, 3.05) is 11.3 Å². The lowest BCUT2D eigenvalue weighted by molar-refractivity contribution is 0.0528. The molecule has 1 heterocycles. The predicted octanol–water partition coefficient (Wildman–Crippen LogP) is 5.63. The van der Waals surface area contributed by atoms with Crippen molar-refractivity contribution in [2.45, 2.75) is 11.8 Å². The predicted molar refractivity (Wildman–Crippen MR) is 141 cm³/mol. The van der Waals surface area contributed by atoms with Crippen LogP contribution in [-0.4, -0.2) is 37.2 Å². The summed E-state index contributed by atoms with van der Waals surface area (Å²) in [5, 5.41) is 20.5. The summed E-state index contributed by atoms with van der Waals surface area (Å²) in [6.45, 7) is 1.81. The van der Waals surface area contributed by atoms with E-state index in [4.69, 9.17) is 9.15 Å². The second-order valence-corrected chi connectivity index (χ2v) is 10.0. The van der Waals surface area contributed by atoms with Gasteiger partial charge in [0.05, 0.1) is 17.2 Å². The van der Waals surface area contributed by atoms with Crippen molar-refractivity contribution >= 4 is 49.4 Å². The van der Waals surface area contributed by atoms with Gasteiger partial charge >= 0.3 is 11.9 Å². The molecule has 38 heavy (non-hydrogen) atoms. The molecule has 0 aliphatic rings. The van der Waals surface area contributed by atoms with E-state index in [9.17, 15) is 28.2 Å². The third-order valence-corrected chi connectivity index (χ3v) is 7.33. The van der Waals surface area contributed by atoms with E-state index >= 15 is 0 Å². The molecule has 1 aromatic heterocycles. The number of carboxylic acids is 1. The minimum Gasteiger partial charge on any atom is -0.507 e. The molecule has 0 atom stereocenters. The summed E-state index contributed by atoms with van der Waals surface area (Å²) in [5.41, 5.74) is 0.757. The van der Waals surface area contributed by atoms with Crippen LogP contribution in [-0.2, 0) is 14.8 Å². The maximum atomic E-state index is 13.3. The third-order valence-electron chi connectivity index (χ3n) is 5.96. The number of hydrogen-bond donors (Lipinski definition) is 3. The number of esters is 1. The van der Waals surface area contributed by atoms with Gasteiger partial charge in [0.1, 0.15) is 28.2 Å². The number of nitrogens with one attached hydrogen (secondary N) is 1. The topological polar surface area (TPSA) is 143 Å². The molecule has 0 saturated heterocycles. The molecule has 0 radical (unpaired) electrons. The number of phenols is 1. The molecule has 0 aliphatic carbocycles. The van der Waals surface area contributed by atoms with Crippen LogP contribution in [0.2, 0.25) is 0 Å². The Labute approximate surface area is 216 Å². The fraction of sp³-hybridized carbons (Fsp3) is 0.0714. The van der Waals surface area contributed by atoms with Gasteiger partial charge in [-0.25, -0.2) is 18.0 Å². The first kappa shape index (κ1) is 24.8. The van der Waals surface area contributed by atoms with Gasteiger partial charge in [0, 0.05) is 21.7 Å². The molecule has 3 N–H and O–H groups in total. The number of sulfonamides is 1. The van der Waals surface area contributed by atoms with Crippen molar-refractivity contribution in [2.24, 2.45) is 0 Å². The summed E-state index contributed by atoms with van der Waals surface area (Å²) in [4.78, 5) is 24.2. The van der Waals surface area contributed by atoms with Crippen molar-refractivity contribution < 1.29 is 37.4 Å². The Balaban J connectivity index is 1.75. The normalized spacial score (nSPS) is 11.5. The smallest absolute Gasteiger partial charge is 0.342 e. The van der Waals surface area contributed by atoms with Gasteiger partial charge < -0.3 is 19.4 Å². The Morgan fingerprint density at radius 1 is 0.921 bits per heavy atom. The molecule has 0 aliphatic heterocycles. The highest BCUT2D eigenvalue weighted by atomic mass is 32.2. The zero-order valence-electron chi connectivity index (χ0n) is 20.0. The van der Waals surface area contributed by atoms with Gasteiger partial charge in [-0.05, 0) is 31.2 Å². The second-order valence-electron chi connectivity index (χ2n) is 8.33. The number of carbonyl (C=O) groups is 2. The van der Waals surface area contributed by atoms with Crippen LogP contribution in [0.3, 0.4) is 0 Å². The number of ether oxygens (including phenoxy) is 1. The Kier molecular flexibility index (Phi) is 6.25. The van der Waals surface area contributed by atoms with Gasteiger partial charge in [-0.2, -0.15) is 0 Å². The number of hydrogen-bond acceptors (Lipinski definition) is 7. The van der Waals surface area contributed by atoms with Crippen LogP contribution in [0.5, 0.6) is 5.75 Å². The monoisotopic (exact) mass is 531 g/mol. The summed E-state index contributed by atoms with van der Waals surface area (Å²) in [6.07, 6.45) is 0. The molecule has 4 aromatic carbocycles. The molecule has 5 aromatic rings. The zero-order valence-corrected chi connectivity index (χ0v) is 20.8. The quantitative estimate of drug-likeness (QED) is 0.229. The lowest BCUT2D eigenvalue weighted by Crippen LogP contribution is -2.14. The minimum atomic E-state index is -4.31. The fourth-order valence-electron chi connectivity index (χ4n) is 4.26. The first-order valence-corrected chi connectivity index (χ1v) is 13.0. The highest BCUT2D eigenvalue weighted by Gasteiger charge is 2.27. The number of anilines is 1. The zero-order chi connectivity index (χ0) is 27.0. The summed E-state index contributed by atoms with van der Waals surface area (Å²) in [5.74, 6) is -2.38. The Bertz CT molecular complexity index is 1820. The van der Waals surface area contributed by atoms with E-state index in [-0.39, 0.29) is 28.5 Å². The lowest BCUT2D eigenvalue weighted by atomic mass is 10.0. The average Bonchev–Trinajstić information content (AvgIpc) is 3.29. The van der Waals surface area contributed by atoms with E-state index in [0.717, 1.165) is 18.2 Å². The number of carbonyl (C=O) groups excluding carboxylic acids is 1. The number of aromatic hydroxyl groups is 1. The molecule has 5 rings (SSSR count). The van der Waals surface area contributed by atoms with Gasteiger partial charge in [-0.3, -0.25) is 4.72 Å². The van der Waals surface area contributed by atoms with Gasteiger partial charge in [0.15, 0.2) is 0 Å². The molecule has 192 valence electrons. The Morgan fingerprint density at radius 3 is 2.29 bits per heavy atom. The standard InChI is InChI=1S/C28H21NO8S/c1-2-36-28(33)24-21-15-22(29-38(34,35)17-12-13-23(30)20(14-17)27(31)32)18-10-6-7-11-19(18)26(21)37-25(24)16-8-4-3-5-9-16/h3-15,29-30H,2H2,1H3,(H,31,32). The van der Waals surface area contributed by atoms with E-state index in [1.807, 2.05) is 6.07 Å². The molecule has 0 bridgehead atoms. The maximum Gasteiger partial charge on any atom is 0.342 e. The number of rotatable bonds is 7. The Morgan fingerprint density at radius 2 is 1.61 bits per heavy atom. The average molecular weight is 532 g/mol. The summed E-state index contributed by atoms with van der Waals surface area (Å²) >= 11 is 0. The van der Waals surface area contributed by atoms with E-state index in [0.29, 0.717) is 27.3 Å². The van der Waals surface area contributed by atoms with Gasteiger partial charge in [-0.15, -0.1) is 0 Å². The summed E-state index contributed by atoms with van der Waals surface area (Å²) < 4.78 is 40.7. The van der Waals surface area contributed by atoms with Crippen LogP contribution < -0.4 is 4.72 Å². The van der Waals surface area contributed by atoms with E-state index in [1.165, 1.54) is 6.07 Å². The maximum absolute atomic E-state index is 13.3. The van der Waals surface area contributed by atoms with Crippen LogP contribution in [0.1, 0.15) is 27.6 Å². The van der Waals surface area contributed by atoms with E-state index in [1.54, 1.807) is 55.5 Å². The molecule has 10 heteroatoms. The highest BCUT2D eigenvalue weighted by Crippen LogP contribution is 2.41. The van der Waals surface area contributed by atoms with E-state index in [2.05, 4.69) is 4.72 Å². The van der Waals surface area contributed by atoms with Crippen molar-refractivity contribution in [3.8, 4) is 17.1 Å². The van der Waals surface area contributed by atoms with Crippen molar-refractivity contribution in [3.05, 3.63) is 90.0 Å². The third kappa shape index (κ3) is 4.31. The molecular formula is C28H21NO8S. The van der Waals surface area contributed by atoms with E-state index < -0.39 is 33.3 Å². The van der Waals surface area contributed by atoms with Crippen molar-refractivity contribution in [3.63, 3.8) is 0 Å². The molecule has 0 spiro atoms. The molecule has 0 unspecified atom stereocenters. The van der Waals surface area contributed by atoms with Crippen LogP contribution in [0.15, 0.2) is 88.2 Å². The first-order chi connectivity index (χ1) is 18.2. The SMILES string of the molecule is CCOC(=O)c1c(-c2ccccc2)oc2c1cc(NS(=O)(=O)c1ccc(O)c(C(=O)O)c1)c1ccccc12. The van der Waals surface area contributed by atoms with Gasteiger partial charge in [0.2, 0.25) is 0 Å². The second kappa shape index (κ2) is 9.56. The van der Waals surface area contributed by atoms with Crippen LogP contribution in [0.4, 0.5) is 5.69 Å². The molecule has 0 fully saturated rings. The summed E-state index contributed by atoms with van der Waals surface area (Å²) in [6, 6.07) is 20.4. The number of fused-ring (bicyclic) bond motifs is 3. The number of benzene rings is 4. The summed E-state index contributed by atoms with van der Waals surface area (Å²) in [7, 11) is -4.31. The van der Waals surface area contributed by atoms with Crippen LogP contribution in [0.25, 0.3) is 33.1 Å². The first-order valence-electron chi connectivity index (χ1n) is 11.5. The molecule has 0 saturated carbocycles. The van der Waals surface area contributed by atoms with Crippen LogP contribution in [0, 0.1) is 0 Å². The van der Waals surface area contributed by atoms with Crippen molar-refractivity contribution in [1.29, 1.82) is 0 Å². The Hall–Kier alpha value is -4.83. The fourth-order valence-corrected chi connectivity index (χ4v) is 5.36. The number of carboxylic acid groups (broad SMARTS) is 1. The minimum absolute atomic E-state index is 0.125. The lowest BCUT2D eigenvalue weighted by Gasteiger charge is -2.12. The molecule has 0 amide bonds. The highest BCUT2D eigenvalue weighted by molar-refractivity contribution is 7.92. The molecular weight excluding hydrogens is 510 g/mol. The number of furan rings is 1. The molecule has 9 nitrogen and oxygen atoms in total.